The Balaban J connectivity index is 1.66. The third-order valence-electron chi connectivity index (χ3n) is 5.10. The molecule has 31 heavy (non-hydrogen) atoms. The van der Waals surface area contributed by atoms with E-state index in [-0.39, 0.29) is 12.1 Å². The molecular weight excluding hydrogens is 413 g/mol. The summed E-state index contributed by atoms with van der Waals surface area (Å²) >= 11 is 0. The van der Waals surface area contributed by atoms with E-state index in [2.05, 4.69) is 20.0 Å². The van der Waals surface area contributed by atoms with Gasteiger partial charge in [-0.15, -0.1) is 0 Å². The van der Waals surface area contributed by atoms with Crippen LogP contribution in [0.3, 0.4) is 0 Å². The van der Waals surface area contributed by atoms with Crippen molar-refractivity contribution in [2.75, 3.05) is 19.0 Å². The van der Waals surface area contributed by atoms with Crippen LogP contribution in [0.4, 0.5) is 23.7 Å². The highest BCUT2D eigenvalue weighted by atomic mass is 19.2. The Hall–Kier alpha value is -3.82. The maximum atomic E-state index is 14.6. The normalized spacial score (nSPS) is 15.4. The first-order valence-corrected chi connectivity index (χ1v) is 9.32. The number of amides is 2. The number of carbonyl (C=O) groups is 2. The topological polar surface area (TPSA) is 87.3 Å². The Morgan fingerprint density at radius 2 is 1.87 bits per heavy atom. The van der Waals surface area contributed by atoms with E-state index in [0.717, 1.165) is 12.1 Å². The van der Waals surface area contributed by atoms with Crippen LogP contribution in [0.25, 0.3) is 0 Å². The fourth-order valence-electron chi connectivity index (χ4n) is 3.57. The van der Waals surface area contributed by atoms with E-state index in [1.165, 1.54) is 42.6 Å². The molecule has 0 saturated heterocycles. The van der Waals surface area contributed by atoms with Crippen molar-refractivity contribution in [3.05, 3.63) is 82.7 Å². The Bertz CT molecular complexity index is 1150. The van der Waals surface area contributed by atoms with Crippen LogP contribution in [0.2, 0.25) is 0 Å². The predicted octanol–water partition coefficient (Wildman–Crippen LogP) is 3.79. The van der Waals surface area contributed by atoms with E-state index in [0.29, 0.717) is 29.1 Å². The standard InChI is InChI=1S/C21H17F3N4O3/c1-31-20(29)11-2-4-12(5-3-11)27-21(30)28-9-8-15-18(26-10-25-15)19(28)13-6-7-14(22)17(24)16(13)23/h2-7,10,19H,8-9H2,1H3,(H,25,26)(H,27,30)/t19-/m0/s1. The Kier molecular flexibility index (Phi) is 5.37. The molecule has 3 aromatic rings. The molecule has 2 heterocycles. The molecule has 0 fully saturated rings. The van der Waals surface area contributed by atoms with Gasteiger partial charge in [0.25, 0.3) is 0 Å². The number of methoxy groups -OCH3 is 1. The second kappa shape index (κ2) is 8.13. The molecule has 0 bridgehead atoms. The largest absolute Gasteiger partial charge is 0.465 e. The first-order chi connectivity index (χ1) is 14.9. The SMILES string of the molecule is COC(=O)c1ccc(NC(=O)N2CCc3[nH]cnc3[C@@H]2c2ccc(F)c(F)c2F)cc1. The van der Waals surface area contributed by atoms with Gasteiger partial charge >= 0.3 is 12.0 Å². The van der Waals surface area contributed by atoms with Crippen LogP contribution in [-0.4, -0.2) is 40.5 Å². The molecule has 0 saturated carbocycles. The van der Waals surface area contributed by atoms with Gasteiger partial charge in [-0.1, -0.05) is 6.07 Å². The summed E-state index contributed by atoms with van der Waals surface area (Å²) in [6.07, 6.45) is 1.83. The van der Waals surface area contributed by atoms with E-state index < -0.39 is 35.5 Å². The number of ether oxygens (including phenoxy) is 1. The molecule has 7 nitrogen and oxygen atoms in total. The van der Waals surface area contributed by atoms with Crippen LogP contribution in [0.15, 0.2) is 42.7 Å². The molecule has 1 atom stereocenters. The zero-order valence-electron chi connectivity index (χ0n) is 16.3. The molecule has 2 N–H and O–H groups in total. The third kappa shape index (κ3) is 3.72. The van der Waals surface area contributed by atoms with Crippen LogP contribution in [0, 0.1) is 17.5 Å². The number of hydrogen-bond acceptors (Lipinski definition) is 4. The number of nitrogens with one attached hydrogen (secondary N) is 2. The zero-order chi connectivity index (χ0) is 22.1. The van der Waals surface area contributed by atoms with Crippen LogP contribution in [0.1, 0.15) is 33.4 Å². The maximum Gasteiger partial charge on any atom is 0.337 e. The Morgan fingerprint density at radius 3 is 2.58 bits per heavy atom. The van der Waals surface area contributed by atoms with Crippen molar-refractivity contribution < 1.29 is 27.5 Å². The van der Waals surface area contributed by atoms with Gasteiger partial charge in [0.1, 0.15) is 6.04 Å². The number of halogens is 3. The average Bonchev–Trinajstić information content (AvgIpc) is 3.26. The van der Waals surface area contributed by atoms with Gasteiger partial charge < -0.3 is 19.9 Å². The van der Waals surface area contributed by atoms with Gasteiger partial charge in [-0.05, 0) is 30.3 Å². The minimum absolute atomic E-state index is 0.185. The van der Waals surface area contributed by atoms with Gasteiger partial charge in [0.05, 0.1) is 24.7 Å². The van der Waals surface area contributed by atoms with E-state index in [9.17, 15) is 22.8 Å². The monoisotopic (exact) mass is 430 g/mol. The molecule has 10 heteroatoms. The number of anilines is 1. The third-order valence-corrected chi connectivity index (χ3v) is 5.10. The van der Waals surface area contributed by atoms with Gasteiger partial charge in [-0.3, -0.25) is 0 Å². The number of imidazole rings is 1. The summed E-state index contributed by atoms with van der Waals surface area (Å²) in [6, 6.07) is 6.27. The number of aromatic amines is 1. The highest BCUT2D eigenvalue weighted by Gasteiger charge is 2.36. The highest BCUT2D eigenvalue weighted by molar-refractivity contribution is 5.92. The number of aromatic nitrogens is 2. The number of urea groups is 1. The second-order valence-electron chi connectivity index (χ2n) is 6.88. The molecule has 4 rings (SSSR count). The molecule has 0 aliphatic carbocycles. The predicted molar refractivity (Wildman–Crippen MR) is 104 cm³/mol. The minimum atomic E-state index is -1.61. The zero-order valence-corrected chi connectivity index (χ0v) is 16.3. The molecule has 160 valence electrons. The molecule has 1 aromatic heterocycles. The first-order valence-electron chi connectivity index (χ1n) is 9.32. The Morgan fingerprint density at radius 1 is 1.13 bits per heavy atom. The van der Waals surface area contributed by atoms with E-state index in [1.54, 1.807) is 0 Å². The molecule has 1 aliphatic rings. The van der Waals surface area contributed by atoms with Gasteiger partial charge in [0.15, 0.2) is 17.5 Å². The lowest BCUT2D eigenvalue weighted by Gasteiger charge is -2.35. The lowest BCUT2D eigenvalue weighted by atomic mass is 9.95. The van der Waals surface area contributed by atoms with Crippen LogP contribution < -0.4 is 5.32 Å². The number of H-pyrrole nitrogens is 1. The maximum absolute atomic E-state index is 14.6. The van der Waals surface area contributed by atoms with Crippen molar-refractivity contribution in [1.82, 2.24) is 14.9 Å². The number of hydrogen-bond donors (Lipinski definition) is 2. The second-order valence-corrected chi connectivity index (χ2v) is 6.88. The lowest BCUT2D eigenvalue weighted by molar-refractivity contribution is 0.0600. The number of fused-ring (bicyclic) bond motifs is 1. The van der Waals surface area contributed by atoms with Gasteiger partial charge in [0.2, 0.25) is 0 Å². The summed E-state index contributed by atoms with van der Waals surface area (Å²) in [7, 11) is 1.26. The van der Waals surface area contributed by atoms with Crippen molar-refractivity contribution >= 4 is 17.7 Å². The number of rotatable bonds is 3. The summed E-state index contributed by atoms with van der Waals surface area (Å²) in [5.41, 5.74) is 1.52. The molecular formula is C21H17F3N4O3. The minimum Gasteiger partial charge on any atom is -0.465 e. The fourth-order valence-corrected chi connectivity index (χ4v) is 3.57. The van der Waals surface area contributed by atoms with E-state index in [4.69, 9.17) is 0 Å². The average molecular weight is 430 g/mol. The number of esters is 1. The van der Waals surface area contributed by atoms with Crippen molar-refractivity contribution in [2.45, 2.75) is 12.5 Å². The quantitative estimate of drug-likeness (QED) is 0.489. The summed E-state index contributed by atoms with van der Waals surface area (Å²) in [4.78, 5) is 33.0. The smallest absolute Gasteiger partial charge is 0.337 e. The molecule has 2 amide bonds. The van der Waals surface area contributed by atoms with Crippen LogP contribution in [0.5, 0.6) is 0 Å². The van der Waals surface area contributed by atoms with Crippen LogP contribution in [-0.2, 0) is 11.2 Å². The Labute approximate surface area is 174 Å². The molecule has 2 aromatic carbocycles. The molecule has 0 unspecified atom stereocenters. The summed E-state index contributed by atoms with van der Waals surface area (Å²) < 4.78 is 46.6. The number of benzene rings is 2. The first kappa shape index (κ1) is 20.5. The van der Waals surface area contributed by atoms with E-state index in [1.807, 2.05) is 0 Å². The van der Waals surface area contributed by atoms with Crippen molar-refractivity contribution in [3.8, 4) is 0 Å². The molecule has 0 radical (unpaired) electrons. The van der Waals surface area contributed by atoms with Gasteiger partial charge in [0, 0.05) is 29.9 Å². The van der Waals surface area contributed by atoms with E-state index >= 15 is 0 Å². The van der Waals surface area contributed by atoms with Gasteiger partial charge in [-0.25, -0.2) is 27.7 Å². The van der Waals surface area contributed by atoms with Crippen molar-refractivity contribution in [3.63, 3.8) is 0 Å². The summed E-state index contributed by atoms with van der Waals surface area (Å²) in [5.74, 6) is -4.82. The number of nitrogens with zero attached hydrogens (tertiary/aromatic N) is 2. The van der Waals surface area contributed by atoms with Crippen molar-refractivity contribution in [2.24, 2.45) is 0 Å². The van der Waals surface area contributed by atoms with Crippen molar-refractivity contribution in [1.29, 1.82) is 0 Å². The summed E-state index contributed by atoms with van der Waals surface area (Å²) in [5, 5.41) is 2.67. The molecule has 0 spiro atoms. The van der Waals surface area contributed by atoms with Crippen LogP contribution >= 0.6 is 0 Å². The highest BCUT2D eigenvalue weighted by Crippen LogP contribution is 2.36. The lowest BCUT2D eigenvalue weighted by Crippen LogP contribution is -2.43. The fraction of sp³-hybridized carbons (Fsp3) is 0.190. The molecule has 1 aliphatic heterocycles. The number of carbonyl (C=O) groups excluding carboxylic acids is 2. The summed E-state index contributed by atoms with van der Waals surface area (Å²) in [6.45, 7) is 0.185. The van der Waals surface area contributed by atoms with Gasteiger partial charge in [-0.2, -0.15) is 0 Å².